The van der Waals surface area contributed by atoms with Crippen LogP contribution in [0, 0.1) is 10.8 Å². The number of hydrogen-bond acceptors (Lipinski definition) is 7. The lowest BCUT2D eigenvalue weighted by Gasteiger charge is -2.47. The van der Waals surface area contributed by atoms with E-state index in [1.165, 1.54) is 0 Å². The highest BCUT2D eigenvalue weighted by atomic mass is 16.7. The average molecular weight is 336 g/mol. The van der Waals surface area contributed by atoms with Crippen molar-refractivity contribution in [3.63, 3.8) is 0 Å². The standard InChI is InChI=1S/C16H32O7/c1-14(2,3)8-21-12-10(7-17)23-13(11(18)16(12,19)20)22-9-15(4,5)6/h10-13,17-20H,7-9H2,1-6H3/t10?,11-,12-,13+/m1/s1. The molecule has 4 atom stereocenters. The molecule has 1 aliphatic heterocycles. The fourth-order valence-corrected chi connectivity index (χ4v) is 2.13. The largest absolute Gasteiger partial charge is 0.394 e. The molecule has 0 aromatic carbocycles. The van der Waals surface area contributed by atoms with Crippen LogP contribution in [0.3, 0.4) is 0 Å². The summed E-state index contributed by atoms with van der Waals surface area (Å²) < 4.78 is 16.5. The molecule has 0 bridgehead atoms. The molecule has 1 fully saturated rings. The summed E-state index contributed by atoms with van der Waals surface area (Å²) in [6.45, 7) is 11.5. The first-order valence-electron chi connectivity index (χ1n) is 7.90. The zero-order chi connectivity index (χ0) is 18.1. The van der Waals surface area contributed by atoms with Crippen molar-refractivity contribution in [2.24, 2.45) is 10.8 Å². The van der Waals surface area contributed by atoms with Crippen LogP contribution >= 0.6 is 0 Å². The number of ether oxygens (including phenoxy) is 3. The van der Waals surface area contributed by atoms with Gasteiger partial charge in [0.25, 0.3) is 0 Å². The predicted molar refractivity (Wildman–Crippen MR) is 83.5 cm³/mol. The molecular weight excluding hydrogens is 304 g/mol. The second-order valence-electron chi connectivity index (χ2n) is 8.62. The Morgan fingerprint density at radius 2 is 1.43 bits per heavy atom. The molecule has 23 heavy (non-hydrogen) atoms. The van der Waals surface area contributed by atoms with Gasteiger partial charge >= 0.3 is 0 Å². The number of rotatable bonds is 5. The normalized spacial score (nSPS) is 32.1. The highest BCUT2D eigenvalue weighted by molar-refractivity contribution is 4.96. The van der Waals surface area contributed by atoms with E-state index in [-0.39, 0.29) is 24.0 Å². The molecule has 4 N–H and O–H groups in total. The molecule has 1 saturated heterocycles. The Morgan fingerprint density at radius 1 is 0.957 bits per heavy atom. The van der Waals surface area contributed by atoms with E-state index in [1.54, 1.807) is 0 Å². The van der Waals surface area contributed by atoms with E-state index in [1.807, 2.05) is 41.5 Å². The van der Waals surface area contributed by atoms with Gasteiger partial charge in [-0.1, -0.05) is 41.5 Å². The first-order chi connectivity index (χ1) is 10.3. The molecule has 0 amide bonds. The number of hydrogen-bond donors (Lipinski definition) is 4. The zero-order valence-electron chi connectivity index (χ0n) is 14.9. The van der Waals surface area contributed by atoms with Gasteiger partial charge in [-0.15, -0.1) is 0 Å². The van der Waals surface area contributed by atoms with Crippen LogP contribution in [0.4, 0.5) is 0 Å². The van der Waals surface area contributed by atoms with Gasteiger partial charge in [0.15, 0.2) is 12.4 Å². The van der Waals surface area contributed by atoms with Crippen molar-refractivity contribution in [2.75, 3.05) is 19.8 Å². The maximum Gasteiger partial charge on any atom is 0.224 e. The van der Waals surface area contributed by atoms with E-state index >= 15 is 0 Å². The minimum atomic E-state index is -2.58. The molecule has 7 heteroatoms. The van der Waals surface area contributed by atoms with Gasteiger partial charge in [0.2, 0.25) is 5.79 Å². The van der Waals surface area contributed by atoms with Gasteiger partial charge in [-0.2, -0.15) is 0 Å². The molecule has 0 aromatic heterocycles. The van der Waals surface area contributed by atoms with Crippen molar-refractivity contribution in [3.05, 3.63) is 0 Å². The van der Waals surface area contributed by atoms with Crippen LogP contribution in [0.1, 0.15) is 41.5 Å². The summed E-state index contributed by atoms with van der Waals surface area (Å²) in [5.41, 5.74) is -0.411. The SMILES string of the molecule is CC(C)(C)CO[C@H]1OC(CO)[C@@H](OCC(C)(C)C)C(O)(O)[C@@H]1O. The van der Waals surface area contributed by atoms with Crippen molar-refractivity contribution in [2.45, 2.75) is 71.9 Å². The Hall–Kier alpha value is -0.280. The van der Waals surface area contributed by atoms with Gasteiger partial charge in [0, 0.05) is 0 Å². The van der Waals surface area contributed by atoms with Crippen molar-refractivity contribution < 1.29 is 34.6 Å². The summed E-state index contributed by atoms with van der Waals surface area (Å²) in [5, 5.41) is 40.3. The lowest BCUT2D eigenvalue weighted by atomic mass is 9.93. The minimum absolute atomic E-state index is 0.190. The maximum absolute atomic E-state index is 10.3. The Balaban J connectivity index is 2.84. The Morgan fingerprint density at radius 3 is 1.87 bits per heavy atom. The zero-order valence-corrected chi connectivity index (χ0v) is 14.9. The minimum Gasteiger partial charge on any atom is -0.394 e. The van der Waals surface area contributed by atoms with Crippen LogP contribution in [0.2, 0.25) is 0 Å². The quantitative estimate of drug-likeness (QED) is 0.533. The van der Waals surface area contributed by atoms with Crippen LogP contribution in [-0.2, 0) is 14.2 Å². The first kappa shape index (κ1) is 20.8. The average Bonchev–Trinajstić information content (AvgIpc) is 2.36. The van der Waals surface area contributed by atoms with Gasteiger partial charge in [0.05, 0.1) is 19.8 Å². The third-order valence-electron chi connectivity index (χ3n) is 3.31. The third kappa shape index (κ3) is 5.94. The smallest absolute Gasteiger partial charge is 0.224 e. The summed E-state index contributed by atoms with van der Waals surface area (Å²) in [6, 6.07) is 0. The van der Waals surface area contributed by atoms with Crippen LogP contribution in [0.25, 0.3) is 0 Å². The van der Waals surface area contributed by atoms with Crippen LogP contribution in [0.5, 0.6) is 0 Å². The molecule has 1 unspecified atom stereocenters. The Bertz CT molecular complexity index is 370. The molecule has 0 radical (unpaired) electrons. The van der Waals surface area contributed by atoms with Gasteiger partial charge in [-0.3, -0.25) is 0 Å². The topological polar surface area (TPSA) is 109 Å². The van der Waals surface area contributed by atoms with Crippen LogP contribution in [0.15, 0.2) is 0 Å². The summed E-state index contributed by atoms with van der Waals surface area (Å²) in [5.74, 6) is -2.58. The summed E-state index contributed by atoms with van der Waals surface area (Å²) >= 11 is 0. The number of aliphatic hydroxyl groups is 4. The fraction of sp³-hybridized carbons (Fsp3) is 1.00. The Labute approximate surface area is 138 Å². The highest BCUT2D eigenvalue weighted by Gasteiger charge is 2.56. The molecule has 1 rings (SSSR count). The molecule has 0 spiro atoms. The summed E-state index contributed by atoms with van der Waals surface area (Å²) in [4.78, 5) is 0. The van der Waals surface area contributed by atoms with Crippen molar-refractivity contribution >= 4 is 0 Å². The van der Waals surface area contributed by atoms with E-state index in [4.69, 9.17) is 14.2 Å². The lowest BCUT2D eigenvalue weighted by Crippen LogP contribution is -2.68. The molecule has 138 valence electrons. The molecule has 7 nitrogen and oxygen atoms in total. The van der Waals surface area contributed by atoms with Crippen molar-refractivity contribution in [1.29, 1.82) is 0 Å². The first-order valence-corrected chi connectivity index (χ1v) is 7.90. The van der Waals surface area contributed by atoms with E-state index in [0.717, 1.165) is 0 Å². The summed E-state index contributed by atoms with van der Waals surface area (Å²) in [6.07, 6.45) is -5.26. The van der Waals surface area contributed by atoms with Crippen LogP contribution < -0.4 is 0 Å². The maximum atomic E-state index is 10.3. The van der Waals surface area contributed by atoms with Crippen molar-refractivity contribution in [3.8, 4) is 0 Å². The third-order valence-corrected chi connectivity index (χ3v) is 3.31. The van der Waals surface area contributed by atoms with Crippen LogP contribution in [-0.4, -0.2) is 70.6 Å². The van der Waals surface area contributed by atoms with E-state index < -0.39 is 37.0 Å². The highest BCUT2D eigenvalue weighted by Crippen LogP contribution is 2.32. The van der Waals surface area contributed by atoms with Gasteiger partial charge in [0.1, 0.15) is 12.2 Å². The fourth-order valence-electron chi connectivity index (χ4n) is 2.13. The summed E-state index contributed by atoms with van der Waals surface area (Å²) in [7, 11) is 0. The second-order valence-corrected chi connectivity index (χ2v) is 8.62. The lowest BCUT2D eigenvalue weighted by molar-refractivity contribution is -0.396. The number of aliphatic hydroxyl groups excluding tert-OH is 2. The van der Waals surface area contributed by atoms with Gasteiger partial charge in [-0.25, -0.2) is 0 Å². The van der Waals surface area contributed by atoms with Crippen molar-refractivity contribution in [1.82, 2.24) is 0 Å². The van der Waals surface area contributed by atoms with E-state index in [2.05, 4.69) is 0 Å². The molecule has 0 aliphatic carbocycles. The molecule has 0 saturated carbocycles. The van der Waals surface area contributed by atoms with E-state index in [9.17, 15) is 20.4 Å². The molecule has 0 aromatic rings. The van der Waals surface area contributed by atoms with Gasteiger partial charge in [-0.05, 0) is 10.8 Å². The predicted octanol–water partition coefficient (Wildman–Crippen LogP) is 0.239. The Kier molecular flexibility index (Phi) is 6.60. The molecular formula is C16H32O7. The second kappa shape index (κ2) is 7.31. The van der Waals surface area contributed by atoms with E-state index in [0.29, 0.717) is 0 Å². The monoisotopic (exact) mass is 336 g/mol. The molecule has 1 aliphatic rings. The van der Waals surface area contributed by atoms with Gasteiger partial charge < -0.3 is 34.6 Å². The molecule has 1 heterocycles.